The quantitative estimate of drug-likeness (QED) is 0.728. The van der Waals surface area contributed by atoms with Crippen molar-refractivity contribution < 1.29 is 19.5 Å². The number of urea groups is 1. The van der Waals surface area contributed by atoms with E-state index in [1.165, 1.54) is 4.90 Å². The SMILES string of the molecule is CC1CC1CN(C)C(=O)N1CC(=O)NCC1C(=O)O. The topological polar surface area (TPSA) is 90.0 Å². The van der Waals surface area contributed by atoms with E-state index in [2.05, 4.69) is 12.2 Å². The molecule has 7 nitrogen and oxygen atoms in total. The number of piperazine rings is 1. The zero-order valence-electron chi connectivity index (χ0n) is 11.1. The number of nitrogens with zero attached hydrogens (tertiary/aromatic N) is 2. The summed E-state index contributed by atoms with van der Waals surface area (Å²) < 4.78 is 0. The Bertz CT molecular complexity index is 412. The molecule has 1 saturated heterocycles. The Balaban J connectivity index is 2.01. The molecule has 2 fully saturated rings. The molecule has 0 aromatic heterocycles. The van der Waals surface area contributed by atoms with Crippen molar-refractivity contribution in [2.75, 3.05) is 26.7 Å². The molecule has 1 saturated carbocycles. The van der Waals surface area contributed by atoms with E-state index >= 15 is 0 Å². The van der Waals surface area contributed by atoms with Gasteiger partial charge in [-0.25, -0.2) is 9.59 Å². The second-order valence-electron chi connectivity index (χ2n) is 5.42. The van der Waals surface area contributed by atoms with Crippen LogP contribution in [-0.4, -0.2) is 65.5 Å². The van der Waals surface area contributed by atoms with Gasteiger partial charge in [-0.3, -0.25) is 9.69 Å². The molecule has 2 aliphatic rings. The summed E-state index contributed by atoms with van der Waals surface area (Å²) >= 11 is 0. The van der Waals surface area contributed by atoms with Crippen LogP contribution in [0.25, 0.3) is 0 Å². The molecule has 0 radical (unpaired) electrons. The maximum atomic E-state index is 12.2. The van der Waals surface area contributed by atoms with Gasteiger partial charge in [0.05, 0.1) is 0 Å². The van der Waals surface area contributed by atoms with Crippen LogP contribution in [0.3, 0.4) is 0 Å². The van der Waals surface area contributed by atoms with E-state index in [1.807, 2.05) is 0 Å². The van der Waals surface area contributed by atoms with E-state index in [0.29, 0.717) is 18.4 Å². The number of amides is 3. The van der Waals surface area contributed by atoms with E-state index < -0.39 is 12.0 Å². The predicted molar refractivity (Wildman–Crippen MR) is 66.4 cm³/mol. The first-order chi connectivity index (χ1) is 8.90. The molecule has 3 unspecified atom stereocenters. The van der Waals surface area contributed by atoms with Crippen molar-refractivity contribution in [2.45, 2.75) is 19.4 Å². The number of aliphatic carboxylic acids is 1. The molecule has 0 bridgehead atoms. The Kier molecular flexibility index (Phi) is 3.64. The summed E-state index contributed by atoms with van der Waals surface area (Å²) in [4.78, 5) is 37.3. The summed E-state index contributed by atoms with van der Waals surface area (Å²) in [6.45, 7) is 2.51. The molecule has 2 rings (SSSR count). The van der Waals surface area contributed by atoms with Crippen molar-refractivity contribution in [1.29, 1.82) is 0 Å². The predicted octanol–water partition coefficient (Wildman–Crippen LogP) is -0.421. The summed E-state index contributed by atoms with van der Waals surface area (Å²) in [6, 6.07) is -1.37. The second kappa shape index (κ2) is 5.07. The number of nitrogens with one attached hydrogen (secondary N) is 1. The van der Waals surface area contributed by atoms with Crippen molar-refractivity contribution in [1.82, 2.24) is 15.1 Å². The molecule has 0 aromatic carbocycles. The van der Waals surface area contributed by atoms with E-state index in [1.54, 1.807) is 7.05 Å². The van der Waals surface area contributed by atoms with Gasteiger partial charge < -0.3 is 15.3 Å². The molecule has 0 spiro atoms. The number of carbonyl (C=O) groups excluding carboxylic acids is 2. The summed E-state index contributed by atoms with van der Waals surface area (Å²) in [6.07, 6.45) is 1.10. The van der Waals surface area contributed by atoms with Crippen molar-refractivity contribution in [3.63, 3.8) is 0 Å². The average molecular weight is 269 g/mol. The number of carboxylic acid groups (broad SMARTS) is 1. The van der Waals surface area contributed by atoms with Crippen molar-refractivity contribution >= 4 is 17.9 Å². The zero-order chi connectivity index (χ0) is 14.2. The highest BCUT2D eigenvalue weighted by Crippen LogP contribution is 2.38. The lowest BCUT2D eigenvalue weighted by molar-refractivity contribution is -0.144. The number of carboxylic acids is 1. The van der Waals surface area contributed by atoms with Crippen LogP contribution in [0.4, 0.5) is 4.79 Å². The highest BCUT2D eigenvalue weighted by Gasteiger charge is 2.39. The normalized spacial score (nSPS) is 29.7. The Hall–Kier alpha value is -1.79. The summed E-state index contributed by atoms with van der Waals surface area (Å²) in [5.74, 6) is -0.299. The third-order valence-electron chi connectivity index (χ3n) is 3.82. The highest BCUT2D eigenvalue weighted by molar-refractivity contribution is 5.90. The van der Waals surface area contributed by atoms with Gasteiger partial charge in [0, 0.05) is 20.1 Å². The molecule has 106 valence electrons. The van der Waals surface area contributed by atoms with E-state index in [0.717, 1.165) is 11.3 Å². The Morgan fingerprint density at radius 3 is 2.68 bits per heavy atom. The molecule has 3 amide bonds. The number of hydrogen-bond acceptors (Lipinski definition) is 3. The van der Waals surface area contributed by atoms with Gasteiger partial charge in [0.25, 0.3) is 0 Å². The molecule has 1 aliphatic carbocycles. The first kappa shape index (κ1) is 13.6. The van der Waals surface area contributed by atoms with Gasteiger partial charge in [-0.05, 0) is 18.3 Å². The van der Waals surface area contributed by atoms with Gasteiger partial charge in [-0.1, -0.05) is 6.92 Å². The van der Waals surface area contributed by atoms with Crippen molar-refractivity contribution in [2.24, 2.45) is 11.8 Å². The van der Waals surface area contributed by atoms with Crippen LogP contribution >= 0.6 is 0 Å². The summed E-state index contributed by atoms with van der Waals surface area (Å²) in [7, 11) is 1.65. The first-order valence-corrected chi connectivity index (χ1v) is 6.41. The fourth-order valence-electron chi connectivity index (χ4n) is 2.37. The summed E-state index contributed by atoms with van der Waals surface area (Å²) in [5, 5.41) is 11.6. The fourth-order valence-corrected chi connectivity index (χ4v) is 2.37. The summed E-state index contributed by atoms with van der Waals surface area (Å²) in [5.41, 5.74) is 0. The van der Waals surface area contributed by atoms with Crippen LogP contribution in [-0.2, 0) is 9.59 Å². The molecule has 1 heterocycles. The minimum absolute atomic E-state index is 0.0341. The fraction of sp³-hybridized carbons (Fsp3) is 0.750. The molecule has 3 atom stereocenters. The number of hydrogen-bond donors (Lipinski definition) is 2. The molecule has 2 N–H and O–H groups in total. The van der Waals surface area contributed by atoms with Crippen LogP contribution < -0.4 is 5.32 Å². The standard InChI is InChI=1S/C12H19N3O4/c1-7-3-8(7)5-14(2)12(19)15-6-10(16)13-4-9(15)11(17)18/h7-9H,3-6H2,1-2H3,(H,13,16)(H,17,18). The highest BCUT2D eigenvalue weighted by atomic mass is 16.4. The Morgan fingerprint density at radius 1 is 1.53 bits per heavy atom. The number of rotatable bonds is 3. The molecule has 7 heteroatoms. The van der Waals surface area contributed by atoms with Gasteiger partial charge in [0.1, 0.15) is 12.6 Å². The van der Waals surface area contributed by atoms with E-state index in [4.69, 9.17) is 5.11 Å². The maximum absolute atomic E-state index is 12.2. The zero-order valence-corrected chi connectivity index (χ0v) is 11.1. The second-order valence-corrected chi connectivity index (χ2v) is 5.42. The molecule has 19 heavy (non-hydrogen) atoms. The van der Waals surface area contributed by atoms with Gasteiger partial charge in [0.15, 0.2) is 0 Å². The Labute approximate surface area is 111 Å². The van der Waals surface area contributed by atoms with E-state index in [-0.39, 0.29) is 25.0 Å². The van der Waals surface area contributed by atoms with Crippen LogP contribution in [0, 0.1) is 11.8 Å². The van der Waals surface area contributed by atoms with Gasteiger partial charge >= 0.3 is 12.0 Å². The van der Waals surface area contributed by atoms with Crippen LogP contribution in [0.15, 0.2) is 0 Å². The van der Waals surface area contributed by atoms with Gasteiger partial charge in [-0.15, -0.1) is 0 Å². The molecular formula is C12H19N3O4. The third kappa shape index (κ3) is 2.97. The van der Waals surface area contributed by atoms with E-state index in [9.17, 15) is 14.4 Å². The minimum atomic E-state index is -1.10. The third-order valence-corrected chi connectivity index (χ3v) is 3.82. The minimum Gasteiger partial charge on any atom is -0.480 e. The lowest BCUT2D eigenvalue weighted by atomic mass is 10.2. The molecule has 0 aromatic rings. The smallest absolute Gasteiger partial charge is 0.328 e. The van der Waals surface area contributed by atoms with Crippen LogP contribution in [0.5, 0.6) is 0 Å². The lowest BCUT2D eigenvalue weighted by Gasteiger charge is -2.35. The average Bonchev–Trinajstić information content (AvgIpc) is 3.03. The monoisotopic (exact) mass is 269 g/mol. The Morgan fingerprint density at radius 2 is 2.16 bits per heavy atom. The van der Waals surface area contributed by atoms with Crippen molar-refractivity contribution in [3.8, 4) is 0 Å². The molecular weight excluding hydrogens is 250 g/mol. The van der Waals surface area contributed by atoms with Crippen LogP contribution in [0.1, 0.15) is 13.3 Å². The van der Waals surface area contributed by atoms with Crippen LogP contribution in [0.2, 0.25) is 0 Å². The van der Waals surface area contributed by atoms with Crippen molar-refractivity contribution in [3.05, 3.63) is 0 Å². The maximum Gasteiger partial charge on any atom is 0.328 e. The van der Waals surface area contributed by atoms with Gasteiger partial charge in [0.2, 0.25) is 5.91 Å². The first-order valence-electron chi connectivity index (χ1n) is 6.41. The van der Waals surface area contributed by atoms with Gasteiger partial charge in [-0.2, -0.15) is 0 Å². The lowest BCUT2D eigenvalue weighted by Crippen LogP contribution is -2.61. The largest absolute Gasteiger partial charge is 0.480 e. The number of carbonyl (C=O) groups is 3. The molecule has 1 aliphatic heterocycles.